The molecule has 0 radical (unpaired) electrons. The predicted octanol–water partition coefficient (Wildman–Crippen LogP) is 3.27. The lowest BCUT2D eigenvalue weighted by Crippen LogP contribution is -2.14. The number of benzene rings is 1. The van der Waals surface area contributed by atoms with Crippen molar-refractivity contribution in [1.29, 1.82) is 0 Å². The maximum atomic E-state index is 5.73. The van der Waals surface area contributed by atoms with E-state index in [-0.39, 0.29) is 0 Å². The number of thiazole rings is 1. The highest BCUT2D eigenvalue weighted by Crippen LogP contribution is 2.24. The average molecular weight is 234 g/mol. The van der Waals surface area contributed by atoms with Crippen LogP contribution in [0.4, 0.5) is 0 Å². The highest BCUT2D eigenvalue weighted by molar-refractivity contribution is 7.18. The van der Waals surface area contributed by atoms with E-state index in [0.29, 0.717) is 6.04 Å². The van der Waals surface area contributed by atoms with Gasteiger partial charge in [-0.15, -0.1) is 11.3 Å². The minimum absolute atomic E-state index is 0.302. The van der Waals surface area contributed by atoms with E-state index in [2.05, 4.69) is 37.0 Å². The molecule has 0 aliphatic heterocycles. The van der Waals surface area contributed by atoms with Crippen LogP contribution < -0.4 is 5.73 Å². The first-order valence-electron chi connectivity index (χ1n) is 5.77. The topological polar surface area (TPSA) is 38.9 Å². The molecule has 1 aromatic heterocycles. The molecule has 1 unspecified atom stereocenters. The van der Waals surface area contributed by atoms with Crippen LogP contribution >= 0.6 is 11.3 Å². The van der Waals surface area contributed by atoms with Gasteiger partial charge in [0.05, 0.1) is 15.2 Å². The zero-order chi connectivity index (χ0) is 11.5. The molecule has 0 spiro atoms. The summed E-state index contributed by atoms with van der Waals surface area (Å²) in [5.74, 6) is 0. The molecule has 2 N–H and O–H groups in total. The first-order valence-corrected chi connectivity index (χ1v) is 6.58. The minimum Gasteiger partial charge on any atom is -0.328 e. The van der Waals surface area contributed by atoms with Gasteiger partial charge in [-0.3, -0.25) is 0 Å². The van der Waals surface area contributed by atoms with Crippen molar-refractivity contribution in [2.45, 2.75) is 39.2 Å². The Morgan fingerprint density at radius 1 is 1.44 bits per heavy atom. The van der Waals surface area contributed by atoms with Gasteiger partial charge in [0.15, 0.2) is 0 Å². The quantitative estimate of drug-likeness (QED) is 0.881. The fourth-order valence-electron chi connectivity index (χ4n) is 1.77. The van der Waals surface area contributed by atoms with Crippen LogP contribution in [-0.2, 0) is 6.42 Å². The van der Waals surface area contributed by atoms with E-state index < -0.39 is 0 Å². The monoisotopic (exact) mass is 234 g/mol. The van der Waals surface area contributed by atoms with Crippen LogP contribution in [0.25, 0.3) is 10.2 Å². The maximum absolute atomic E-state index is 5.73. The lowest BCUT2D eigenvalue weighted by atomic mass is 10.1. The fourth-order valence-corrected chi connectivity index (χ4v) is 2.76. The molecule has 0 fully saturated rings. The van der Waals surface area contributed by atoms with Crippen molar-refractivity contribution in [3.8, 4) is 0 Å². The van der Waals surface area contributed by atoms with Crippen LogP contribution in [0.15, 0.2) is 18.2 Å². The van der Waals surface area contributed by atoms with E-state index >= 15 is 0 Å². The second-order valence-electron chi connectivity index (χ2n) is 4.45. The molecule has 0 saturated carbocycles. The van der Waals surface area contributed by atoms with Crippen LogP contribution in [0.1, 0.15) is 30.3 Å². The molecule has 3 heteroatoms. The standard InChI is InChI=1S/C13H18N2S/c1-9-6-7-12-11(8-9)15-13(16-12)5-3-4-10(2)14/h6-8,10H,3-5,14H2,1-2H3. The maximum Gasteiger partial charge on any atom is 0.0938 e. The van der Waals surface area contributed by atoms with Gasteiger partial charge in [-0.25, -0.2) is 4.98 Å². The van der Waals surface area contributed by atoms with E-state index in [1.165, 1.54) is 15.3 Å². The molecule has 0 saturated heterocycles. The van der Waals surface area contributed by atoms with Gasteiger partial charge in [0.25, 0.3) is 0 Å². The number of hydrogen-bond acceptors (Lipinski definition) is 3. The third-order valence-electron chi connectivity index (χ3n) is 2.64. The lowest BCUT2D eigenvalue weighted by molar-refractivity contribution is 0.623. The Labute approximate surface area is 101 Å². The summed E-state index contributed by atoms with van der Waals surface area (Å²) in [5, 5.41) is 1.24. The molecule has 1 heterocycles. The van der Waals surface area contributed by atoms with Gasteiger partial charge in [-0.1, -0.05) is 6.07 Å². The second kappa shape index (κ2) is 4.93. The van der Waals surface area contributed by atoms with Crippen molar-refractivity contribution in [3.05, 3.63) is 28.8 Å². The smallest absolute Gasteiger partial charge is 0.0938 e. The molecule has 0 amide bonds. The first kappa shape index (κ1) is 11.6. The molecule has 2 aromatic rings. The van der Waals surface area contributed by atoms with Crippen molar-refractivity contribution in [2.24, 2.45) is 5.73 Å². The van der Waals surface area contributed by atoms with Crippen molar-refractivity contribution in [1.82, 2.24) is 4.98 Å². The highest BCUT2D eigenvalue weighted by atomic mass is 32.1. The van der Waals surface area contributed by atoms with Gasteiger partial charge in [-0.2, -0.15) is 0 Å². The molecule has 2 rings (SSSR count). The fraction of sp³-hybridized carbons (Fsp3) is 0.462. The van der Waals surface area contributed by atoms with E-state index in [0.717, 1.165) is 24.8 Å². The average Bonchev–Trinajstić information content (AvgIpc) is 2.58. The zero-order valence-corrected chi connectivity index (χ0v) is 10.7. The van der Waals surface area contributed by atoms with Crippen molar-refractivity contribution < 1.29 is 0 Å². The van der Waals surface area contributed by atoms with E-state index in [9.17, 15) is 0 Å². The number of hydrogen-bond donors (Lipinski definition) is 1. The highest BCUT2D eigenvalue weighted by Gasteiger charge is 2.04. The third-order valence-corrected chi connectivity index (χ3v) is 3.73. The molecule has 0 bridgehead atoms. The van der Waals surface area contributed by atoms with Gasteiger partial charge < -0.3 is 5.73 Å². The number of aromatic nitrogens is 1. The molecule has 0 aliphatic carbocycles. The largest absolute Gasteiger partial charge is 0.328 e. The minimum atomic E-state index is 0.302. The summed E-state index contributed by atoms with van der Waals surface area (Å²) in [5.41, 5.74) is 8.15. The molecule has 2 nitrogen and oxygen atoms in total. The summed E-state index contributed by atoms with van der Waals surface area (Å²) in [6.07, 6.45) is 3.27. The molecule has 1 aromatic carbocycles. The van der Waals surface area contributed by atoms with Gasteiger partial charge in [0, 0.05) is 6.04 Å². The molecular formula is C13H18N2S. The summed E-state index contributed by atoms with van der Waals surface area (Å²) in [6, 6.07) is 6.77. The van der Waals surface area contributed by atoms with E-state index in [1.54, 1.807) is 11.3 Å². The van der Waals surface area contributed by atoms with Crippen LogP contribution in [-0.4, -0.2) is 11.0 Å². The Morgan fingerprint density at radius 3 is 3.00 bits per heavy atom. The Hall–Kier alpha value is -0.930. The van der Waals surface area contributed by atoms with E-state index in [1.807, 2.05) is 0 Å². The Morgan fingerprint density at radius 2 is 2.25 bits per heavy atom. The Balaban J connectivity index is 2.08. The van der Waals surface area contributed by atoms with Crippen LogP contribution in [0.3, 0.4) is 0 Å². The number of nitrogens with zero attached hydrogens (tertiary/aromatic N) is 1. The molecule has 86 valence electrons. The molecule has 0 aliphatic rings. The van der Waals surface area contributed by atoms with Gasteiger partial charge in [0.1, 0.15) is 0 Å². The zero-order valence-electron chi connectivity index (χ0n) is 9.86. The number of nitrogens with two attached hydrogens (primary N) is 1. The number of fused-ring (bicyclic) bond motifs is 1. The van der Waals surface area contributed by atoms with Crippen molar-refractivity contribution in [3.63, 3.8) is 0 Å². The van der Waals surface area contributed by atoms with E-state index in [4.69, 9.17) is 5.73 Å². The summed E-state index contributed by atoms with van der Waals surface area (Å²) < 4.78 is 1.29. The summed E-state index contributed by atoms with van der Waals surface area (Å²) in [7, 11) is 0. The van der Waals surface area contributed by atoms with Crippen LogP contribution in [0.5, 0.6) is 0 Å². The number of rotatable bonds is 4. The Bertz CT molecular complexity index is 474. The van der Waals surface area contributed by atoms with Crippen LogP contribution in [0, 0.1) is 6.92 Å². The number of aryl methyl sites for hydroxylation is 2. The molecule has 1 atom stereocenters. The normalized spacial score (nSPS) is 13.2. The summed E-state index contributed by atoms with van der Waals surface area (Å²) in [6.45, 7) is 4.16. The summed E-state index contributed by atoms with van der Waals surface area (Å²) in [4.78, 5) is 4.65. The van der Waals surface area contributed by atoms with Crippen molar-refractivity contribution in [2.75, 3.05) is 0 Å². The second-order valence-corrected chi connectivity index (χ2v) is 5.56. The van der Waals surface area contributed by atoms with Crippen molar-refractivity contribution >= 4 is 21.6 Å². The predicted molar refractivity (Wildman–Crippen MR) is 70.9 cm³/mol. The molecular weight excluding hydrogens is 216 g/mol. The SMILES string of the molecule is Cc1ccc2sc(CCCC(C)N)nc2c1. The van der Waals surface area contributed by atoms with Crippen LogP contribution in [0.2, 0.25) is 0 Å². The van der Waals surface area contributed by atoms with Gasteiger partial charge >= 0.3 is 0 Å². The molecule has 16 heavy (non-hydrogen) atoms. The summed E-state index contributed by atoms with van der Waals surface area (Å²) >= 11 is 1.81. The Kier molecular flexibility index (Phi) is 3.56. The lowest BCUT2D eigenvalue weighted by Gasteiger charge is -2.01. The van der Waals surface area contributed by atoms with Gasteiger partial charge in [0.2, 0.25) is 0 Å². The third kappa shape index (κ3) is 2.80. The first-order chi connectivity index (χ1) is 7.65. The van der Waals surface area contributed by atoms with Gasteiger partial charge in [-0.05, 0) is 50.8 Å².